The van der Waals surface area contributed by atoms with Gasteiger partial charge in [0.2, 0.25) is 0 Å². The van der Waals surface area contributed by atoms with Crippen LogP contribution in [0.2, 0.25) is 0 Å². The van der Waals surface area contributed by atoms with Gasteiger partial charge in [0.15, 0.2) is 0 Å². The van der Waals surface area contributed by atoms with E-state index in [1.807, 2.05) is 0 Å². The molecule has 0 aromatic heterocycles. The van der Waals surface area contributed by atoms with E-state index in [9.17, 15) is 4.39 Å². The lowest BCUT2D eigenvalue weighted by Crippen LogP contribution is -2.49. The molecule has 0 aliphatic carbocycles. The monoisotopic (exact) mass is 326 g/mol. The molecule has 126 valence electrons. The highest BCUT2D eigenvalue weighted by Gasteiger charge is 2.37. The van der Waals surface area contributed by atoms with Gasteiger partial charge >= 0.3 is 0 Å². The largest absolute Gasteiger partial charge is 0.489 e. The van der Waals surface area contributed by atoms with Crippen molar-refractivity contribution in [3.8, 4) is 5.75 Å². The number of benzene rings is 2. The Hall–Kier alpha value is -1.91. The molecule has 0 bridgehead atoms. The first-order chi connectivity index (χ1) is 11.8. The number of piperazine rings is 1. The highest BCUT2D eigenvalue weighted by atomic mass is 19.1. The topological polar surface area (TPSA) is 15.7 Å². The highest BCUT2D eigenvalue weighted by Crippen LogP contribution is 2.26. The van der Waals surface area contributed by atoms with Crippen LogP contribution in [0.4, 0.5) is 4.39 Å². The molecule has 0 radical (unpaired) electrons. The van der Waals surface area contributed by atoms with E-state index in [0.29, 0.717) is 6.04 Å². The van der Waals surface area contributed by atoms with Crippen molar-refractivity contribution in [2.45, 2.75) is 25.1 Å². The molecule has 4 heteroatoms. The molecule has 2 saturated heterocycles. The lowest BCUT2D eigenvalue weighted by Gasteiger charge is -2.37. The first kappa shape index (κ1) is 15.6. The second-order valence-electron chi connectivity index (χ2n) is 6.80. The third-order valence-corrected chi connectivity index (χ3v) is 5.03. The lowest BCUT2D eigenvalue weighted by molar-refractivity contribution is 0.0978. The van der Waals surface area contributed by atoms with Gasteiger partial charge in [-0.1, -0.05) is 30.3 Å². The zero-order chi connectivity index (χ0) is 16.4. The molecule has 3 nitrogen and oxygen atoms in total. The van der Waals surface area contributed by atoms with Gasteiger partial charge in [-0.15, -0.1) is 0 Å². The van der Waals surface area contributed by atoms with Crippen molar-refractivity contribution in [1.82, 2.24) is 9.80 Å². The number of fused-ring (bicyclic) bond motifs is 1. The number of rotatable bonds is 4. The van der Waals surface area contributed by atoms with E-state index in [2.05, 4.69) is 40.1 Å². The van der Waals surface area contributed by atoms with Crippen LogP contribution in [-0.4, -0.2) is 48.1 Å². The molecule has 2 atom stereocenters. The summed E-state index contributed by atoms with van der Waals surface area (Å²) in [7, 11) is 0. The van der Waals surface area contributed by atoms with E-state index in [0.717, 1.165) is 44.9 Å². The Labute approximate surface area is 142 Å². The van der Waals surface area contributed by atoms with Crippen LogP contribution < -0.4 is 4.74 Å². The maximum Gasteiger partial charge on any atom is 0.123 e. The van der Waals surface area contributed by atoms with Crippen molar-refractivity contribution in [1.29, 1.82) is 0 Å². The van der Waals surface area contributed by atoms with Gasteiger partial charge < -0.3 is 4.74 Å². The first-order valence-corrected chi connectivity index (χ1v) is 8.69. The summed E-state index contributed by atoms with van der Waals surface area (Å²) in [4.78, 5) is 5.08. The maximum atomic E-state index is 13.0. The van der Waals surface area contributed by atoms with Crippen LogP contribution in [0.1, 0.15) is 12.0 Å². The van der Waals surface area contributed by atoms with Crippen LogP contribution in [0.3, 0.4) is 0 Å². The van der Waals surface area contributed by atoms with Crippen molar-refractivity contribution in [2.75, 3.05) is 26.2 Å². The van der Waals surface area contributed by atoms with Gasteiger partial charge in [-0.2, -0.15) is 0 Å². The number of halogens is 1. The van der Waals surface area contributed by atoms with Gasteiger partial charge in [-0.05, 0) is 29.8 Å². The minimum absolute atomic E-state index is 0.206. The van der Waals surface area contributed by atoms with Crippen molar-refractivity contribution < 1.29 is 9.13 Å². The molecule has 0 saturated carbocycles. The van der Waals surface area contributed by atoms with Crippen molar-refractivity contribution >= 4 is 0 Å². The fourth-order valence-corrected chi connectivity index (χ4v) is 3.84. The zero-order valence-corrected chi connectivity index (χ0v) is 13.8. The molecular formula is C20H23FN2O. The Morgan fingerprint density at radius 3 is 2.54 bits per heavy atom. The predicted octanol–water partition coefficient (Wildman–Crippen LogP) is 3.16. The SMILES string of the molecule is Fc1ccc(O[C@H]2C[C@H]3CN(Cc4ccccc4)CCN3C2)cc1. The van der Waals surface area contributed by atoms with E-state index in [1.54, 1.807) is 12.1 Å². The number of hydrogen-bond acceptors (Lipinski definition) is 3. The molecule has 2 aliphatic rings. The van der Waals surface area contributed by atoms with E-state index in [1.165, 1.54) is 17.7 Å². The van der Waals surface area contributed by atoms with E-state index in [4.69, 9.17) is 4.74 Å². The van der Waals surface area contributed by atoms with Gasteiger partial charge in [0, 0.05) is 45.2 Å². The summed E-state index contributed by atoms with van der Waals surface area (Å²) in [6.45, 7) is 5.30. The molecule has 0 N–H and O–H groups in total. The molecule has 2 aromatic rings. The summed E-state index contributed by atoms with van der Waals surface area (Å²) >= 11 is 0. The van der Waals surface area contributed by atoms with Crippen molar-refractivity contribution in [3.05, 3.63) is 66.0 Å². The number of hydrogen-bond donors (Lipinski definition) is 0. The molecule has 2 aromatic carbocycles. The summed E-state index contributed by atoms with van der Waals surface area (Å²) in [5.41, 5.74) is 1.38. The van der Waals surface area contributed by atoms with Crippen LogP contribution in [0.15, 0.2) is 54.6 Å². The van der Waals surface area contributed by atoms with E-state index < -0.39 is 0 Å². The fourth-order valence-electron chi connectivity index (χ4n) is 3.84. The molecule has 0 spiro atoms. The zero-order valence-electron chi connectivity index (χ0n) is 13.8. The van der Waals surface area contributed by atoms with Gasteiger partial charge in [0.05, 0.1) is 0 Å². The van der Waals surface area contributed by atoms with Gasteiger partial charge in [-0.3, -0.25) is 9.80 Å². The predicted molar refractivity (Wildman–Crippen MR) is 92.5 cm³/mol. The summed E-state index contributed by atoms with van der Waals surface area (Å²) in [5, 5.41) is 0. The van der Waals surface area contributed by atoms with Gasteiger partial charge in [-0.25, -0.2) is 4.39 Å². The van der Waals surface area contributed by atoms with Crippen LogP contribution in [0.5, 0.6) is 5.75 Å². The maximum absolute atomic E-state index is 13.0. The molecule has 0 amide bonds. The standard InChI is InChI=1S/C20H23FN2O/c21-17-6-8-19(9-7-17)24-20-12-18-14-22(10-11-23(18)15-20)13-16-4-2-1-3-5-16/h1-9,18,20H,10-15H2/t18-,20-/m0/s1. The Bertz CT molecular complexity index is 661. The van der Waals surface area contributed by atoms with Crippen molar-refractivity contribution in [2.24, 2.45) is 0 Å². The summed E-state index contributed by atoms with van der Waals surface area (Å²) in [5.74, 6) is 0.546. The smallest absolute Gasteiger partial charge is 0.123 e. The fraction of sp³-hybridized carbons (Fsp3) is 0.400. The minimum Gasteiger partial charge on any atom is -0.489 e. The van der Waals surface area contributed by atoms with E-state index in [-0.39, 0.29) is 11.9 Å². The molecule has 24 heavy (non-hydrogen) atoms. The van der Waals surface area contributed by atoms with Crippen LogP contribution in [0, 0.1) is 5.82 Å². The van der Waals surface area contributed by atoms with Crippen LogP contribution >= 0.6 is 0 Å². The second-order valence-corrected chi connectivity index (χ2v) is 6.80. The third kappa shape index (κ3) is 3.60. The molecule has 2 heterocycles. The molecular weight excluding hydrogens is 303 g/mol. The summed E-state index contributed by atoms with van der Waals surface area (Å²) < 4.78 is 19.0. The summed E-state index contributed by atoms with van der Waals surface area (Å²) in [6, 6.07) is 17.6. The number of ether oxygens (including phenoxy) is 1. The first-order valence-electron chi connectivity index (χ1n) is 8.69. The molecule has 2 aliphatic heterocycles. The second kappa shape index (κ2) is 6.91. The van der Waals surface area contributed by atoms with Crippen molar-refractivity contribution in [3.63, 3.8) is 0 Å². The Morgan fingerprint density at radius 1 is 0.958 bits per heavy atom. The number of nitrogens with zero attached hydrogens (tertiary/aromatic N) is 2. The van der Waals surface area contributed by atoms with Gasteiger partial charge in [0.1, 0.15) is 17.7 Å². The average molecular weight is 326 g/mol. The Morgan fingerprint density at radius 2 is 1.75 bits per heavy atom. The van der Waals surface area contributed by atoms with Crippen LogP contribution in [0.25, 0.3) is 0 Å². The summed E-state index contributed by atoms with van der Waals surface area (Å²) in [6.07, 6.45) is 1.25. The highest BCUT2D eigenvalue weighted by molar-refractivity contribution is 5.22. The minimum atomic E-state index is -0.220. The Balaban J connectivity index is 1.33. The molecule has 0 unspecified atom stereocenters. The average Bonchev–Trinajstić information content (AvgIpc) is 2.99. The lowest BCUT2D eigenvalue weighted by atomic mass is 10.1. The quantitative estimate of drug-likeness (QED) is 0.858. The van der Waals surface area contributed by atoms with Gasteiger partial charge in [0.25, 0.3) is 0 Å². The van der Waals surface area contributed by atoms with Crippen LogP contribution in [-0.2, 0) is 6.54 Å². The molecule has 4 rings (SSSR count). The normalized spacial score (nSPS) is 24.7. The third-order valence-electron chi connectivity index (χ3n) is 5.03. The van der Waals surface area contributed by atoms with E-state index >= 15 is 0 Å². The molecule has 2 fully saturated rings. The Kier molecular flexibility index (Phi) is 4.50.